The highest BCUT2D eigenvalue weighted by Crippen LogP contribution is 2.34. The van der Waals surface area contributed by atoms with Gasteiger partial charge in [0.05, 0.1) is 18.6 Å². The van der Waals surface area contributed by atoms with Crippen LogP contribution in [0.2, 0.25) is 0 Å². The minimum absolute atomic E-state index is 0.0460. The van der Waals surface area contributed by atoms with Crippen molar-refractivity contribution >= 4 is 11.7 Å². The molecule has 0 fully saturated rings. The van der Waals surface area contributed by atoms with Crippen molar-refractivity contribution in [3.8, 4) is 5.88 Å². The first-order chi connectivity index (χ1) is 9.99. The van der Waals surface area contributed by atoms with E-state index in [9.17, 15) is 14.9 Å². The predicted molar refractivity (Wildman–Crippen MR) is 74.3 cm³/mol. The molecule has 0 bridgehead atoms. The van der Waals surface area contributed by atoms with E-state index in [1.807, 2.05) is 6.92 Å². The zero-order chi connectivity index (χ0) is 16.0. The van der Waals surface area contributed by atoms with Gasteiger partial charge in [-0.3, -0.25) is 14.9 Å². The molecule has 0 aromatic carbocycles. The van der Waals surface area contributed by atoms with E-state index in [2.05, 4.69) is 9.97 Å². The number of aryl methyl sites for hydroxylation is 1. The average molecular weight is 297 g/mol. The van der Waals surface area contributed by atoms with E-state index in [4.69, 9.17) is 9.47 Å². The fraction of sp³-hybridized carbons (Fsp3) is 0.615. The maximum Gasteiger partial charge on any atom is 0.353 e. The zero-order valence-corrected chi connectivity index (χ0v) is 12.6. The van der Waals surface area contributed by atoms with Crippen LogP contribution in [-0.2, 0) is 16.0 Å². The van der Waals surface area contributed by atoms with Gasteiger partial charge in [0.25, 0.3) is 5.88 Å². The second-order valence-corrected chi connectivity index (χ2v) is 4.21. The Bertz CT molecular complexity index is 533. The SMILES string of the molecule is CCOC(=O)C(CC)c1nc(CC)nc(OC)c1[N+](=O)[O-]. The first-order valence-electron chi connectivity index (χ1n) is 6.75. The van der Waals surface area contributed by atoms with Gasteiger partial charge in [0.2, 0.25) is 0 Å². The molecule has 1 rings (SSSR count). The number of rotatable bonds is 7. The number of esters is 1. The van der Waals surface area contributed by atoms with Crippen LogP contribution in [0.15, 0.2) is 0 Å². The number of methoxy groups -OCH3 is 1. The zero-order valence-electron chi connectivity index (χ0n) is 12.6. The lowest BCUT2D eigenvalue weighted by molar-refractivity contribution is -0.387. The van der Waals surface area contributed by atoms with Gasteiger partial charge >= 0.3 is 11.7 Å². The van der Waals surface area contributed by atoms with Gasteiger partial charge < -0.3 is 9.47 Å². The fourth-order valence-corrected chi connectivity index (χ4v) is 1.93. The van der Waals surface area contributed by atoms with Crippen LogP contribution in [0.5, 0.6) is 5.88 Å². The monoisotopic (exact) mass is 297 g/mol. The van der Waals surface area contributed by atoms with Crippen LogP contribution in [0, 0.1) is 10.1 Å². The molecule has 21 heavy (non-hydrogen) atoms. The summed E-state index contributed by atoms with van der Waals surface area (Å²) in [5.74, 6) is -1.10. The Morgan fingerprint density at radius 3 is 2.43 bits per heavy atom. The summed E-state index contributed by atoms with van der Waals surface area (Å²) in [6.45, 7) is 5.43. The van der Waals surface area contributed by atoms with Crippen molar-refractivity contribution in [2.45, 2.75) is 39.5 Å². The van der Waals surface area contributed by atoms with E-state index in [1.165, 1.54) is 7.11 Å². The Hall–Kier alpha value is -2.25. The molecule has 0 aliphatic carbocycles. The summed E-state index contributed by atoms with van der Waals surface area (Å²) in [5, 5.41) is 11.3. The van der Waals surface area contributed by atoms with E-state index in [0.717, 1.165) is 0 Å². The third-order valence-electron chi connectivity index (χ3n) is 2.93. The first kappa shape index (κ1) is 16.8. The van der Waals surface area contributed by atoms with Crippen LogP contribution < -0.4 is 4.74 Å². The van der Waals surface area contributed by atoms with Crippen molar-refractivity contribution < 1.29 is 19.2 Å². The number of ether oxygens (including phenoxy) is 2. The largest absolute Gasteiger partial charge is 0.476 e. The summed E-state index contributed by atoms with van der Waals surface area (Å²) in [7, 11) is 1.30. The van der Waals surface area contributed by atoms with Gasteiger partial charge in [-0.05, 0) is 13.3 Å². The van der Waals surface area contributed by atoms with Gasteiger partial charge in [0.1, 0.15) is 17.4 Å². The molecule has 8 heteroatoms. The summed E-state index contributed by atoms with van der Waals surface area (Å²) < 4.78 is 9.95. The summed E-state index contributed by atoms with van der Waals surface area (Å²) in [4.78, 5) is 30.8. The summed E-state index contributed by atoms with van der Waals surface area (Å²) >= 11 is 0. The van der Waals surface area contributed by atoms with Crippen molar-refractivity contribution in [3.05, 3.63) is 21.6 Å². The fourth-order valence-electron chi connectivity index (χ4n) is 1.93. The molecule has 0 aliphatic heterocycles. The summed E-state index contributed by atoms with van der Waals surface area (Å²) in [6.07, 6.45) is 0.809. The molecule has 0 saturated carbocycles. The van der Waals surface area contributed by atoms with Crippen molar-refractivity contribution in [1.29, 1.82) is 0 Å². The van der Waals surface area contributed by atoms with Gasteiger partial charge in [-0.1, -0.05) is 13.8 Å². The Labute approximate surface area is 122 Å². The molecular weight excluding hydrogens is 278 g/mol. The molecule has 0 saturated heterocycles. The standard InChI is InChI=1S/C13H19N3O5/c1-5-8(13(17)21-7-3)10-11(16(18)19)12(20-4)15-9(6-2)14-10/h8H,5-7H2,1-4H3. The topological polar surface area (TPSA) is 104 Å². The Kier molecular flexibility index (Phi) is 6.01. The molecule has 0 aliphatic rings. The molecule has 0 N–H and O–H groups in total. The second kappa shape index (κ2) is 7.51. The highest BCUT2D eigenvalue weighted by molar-refractivity contribution is 5.79. The number of carbonyl (C=O) groups excluding carboxylic acids is 1. The molecule has 8 nitrogen and oxygen atoms in total. The normalized spacial score (nSPS) is 11.8. The summed E-state index contributed by atoms with van der Waals surface area (Å²) in [5.41, 5.74) is -0.334. The molecule has 1 heterocycles. The van der Waals surface area contributed by atoms with Gasteiger partial charge in [-0.2, -0.15) is 4.98 Å². The number of aromatic nitrogens is 2. The van der Waals surface area contributed by atoms with E-state index in [1.54, 1.807) is 13.8 Å². The lowest BCUT2D eigenvalue weighted by atomic mass is 10.0. The predicted octanol–water partition coefficient (Wildman–Crippen LogP) is 2.01. The highest BCUT2D eigenvalue weighted by Gasteiger charge is 2.34. The minimum Gasteiger partial charge on any atom is -0.476 e. The van der Waals surface area contributed by atoms with E-state index in [-0.39, 0.29) is 23.9 Å². The molecule has 1 unspecified atom stereocenters. The smallest absolute Gasteiger partial charge is 0.353 e. The Morgan fingerprint density at radius 1 is 1.33 bits per heavy atom. The van der Waals surface area contributed by atoms with Crippen molar-refractivity contribution in [1.82, 2.24) is 9.97 Å². The van der Waals surface area contributed by atoms with E-state index < -0.39 is 16.8 Å². The van der Waals surface area contributed by atoms with Crippen molar-refractivity contribution in [3.63, 3.8) is 0 Å². The Morgan fingerprint density at radius 2 is 2.00 bits per heavy atom. The molecule has 1 aromatic rings. The average Bonchev–Trinajstić information content (AvgIpc) is 2.46. The number of hydrogen-bond acceptors (Lipinski definition) is 7. The van der Waals surface area contributed by atoms with E-state index >= 15 is 0 Å². The lowest BCUT2D eigenvalue weighted by Crippen LogP contribution is -2.19. The van der Waals surface area contributed by atoms with Crippen LogP contribution in [0.25, 0.3) is 0 Å². The van der Waals surface area contributed by atoms with Gasteiger partial charge in [0.15, 0.2) is 0 Å². The van der Waals surface area contributed by atoms with E-state index in [0.29, 0.717) is 18.7 Å². The quantitative estimate of drug-likeness (QED) is 0.430. The molecule has 1 atom stereocenters. The molecule has 0 spiro atoms. The molecule has 0 amide bonds. The third kappa shape index (κ3) is 3.65. The number of hydrogen-bond donors (Lipinski definition) is 0. The van der Waals surface area contributed by atoms with Crippen molar-refractivity contribution in [2.24, 2.45) is 0 Å². The van der Waals surface area contributed by atoms with Crippen LogP contribution in [0.4, 0.5) is 5.69 Å². The number of nitro groups is 1. The maximum atomic E-state index is 12.0. The van der Waals surface area contributed by atoms with Crippen LogP contribution >= 0.6 is 0 Å². The molecule has 116 valence electrons. The van der Waals surface area contributed by atoms with Gasteiger partial charge in [-0.25, -0.2) is 4.98 Å². The minimum atomic E-state index is -0.812. The lowest BCUT2D eigenvalue weighted by Gasteiger charge is -2.15. The second-order valence-electron chi connectivity index (χ2n) is 4.21. The first-order valence-corrected chi connectivity index (χ1v) is 6.75. The third-order valence-corrected chi connectivity index (χ3v) is 2.93. The number of carbonyl (C=O) groups is 1. The maximum absolute atomic E-state index is 12.0. The van der Waals surface area contributed by atoms with Gasteiger partial charge in [-0.15, -0.1) is 0 Å². The van der Waals surface area contributed by atoms with Crippen LogP contribution in [-0.4, -0.2) is 34.6 Å². The highest BCUT2D eigenvalue weighted by atomic mass is 16.6. The molecule has 1 aromatic heterocycles. The molecule has 0 radical (unpaired) electrons. The number of nitrogens with zero attached hydrogens (tertiary/aromatic N) is 3. The van der Waals surface area contributed by atoms with Crippen LogP contribution in [0.1, 0.15) is 44.6 Å². The van der Waals surface area contributed by atoms with Gasteiger partial charge in [0, 0.05) is 6.42 Å². The Balaban J connectivity index is 3.48. The summed E-state index contributed by atoms with van der Waals surface area (Å²) in [6, 6.07) is 0. The molecular formula is C13H19N3O5. The van der Waals surface area contributed by atoms with Crippen LogP contribution in [0.3, 0.4) is 0 Å². The van der Waals surface area contributed by atoms with Crippen molar-refractivity contribution in [2.75, 3.05) is 13.7 Å².